The summed E-state index contributed by atoms with van der Waals surface area (Å²) in [6.45, 7) is 0. The molecule has 0 heterocycles. The average molecular weight is 166 g/mol. The molecule has 64 valence electrons. The van der Waals surface area contributed by atoms with Gasteiger partial charge in [0, 0.05) is 6.42 Å². The Hall–Kier alpha value is -0.540. The highest BCUT2D eigenvalue weighted by Crippen LogP contribution is 2.42. The summed E-state index contributed by atoms with van der Waals surface area (Å²) in [6.07, 6.45) is -0.449. The molecular formula is C7H9F3O. The highest BCUT2D eigenvalue weighted by atomic mass is 19.3. The lowest BCUT2D eigenvalue weighted by atomic mass is 9.84. The van der Waals surface area contributed by atoms with Gasteiger partial charge in [0.25, 0.3) is 5.92 Å². The van der Waals surface area contributed by atoms with Crippen molar-refractivity contribution in [2.75, 3.05) is 0 Å². The maximum absolute atomic E-state index is 13.0. The van der Waals surface area contributed by atoms with Crippen LogP contribution in [0.2, 0.25) is 0 Å². The van der Waals surface area contributed by atoms with Crippen molar-refractivity contribution >= 4 is 6.29 Å². The highest BCUT2D eigenvalue weighted by molar-refractivity contribution is 5.64. The molecule has 1 nitrogen and oxygen atoms in total. The van der Waals surface area contributed by atoms with Crippen LogP contribution in [0.4, 0.5) is 13.2 Å². The molecule has 0 aliphatic heterocycles. The van der Waals surface area contributed by atoms with Crippen molar-refractivity contribution in [1.82, 2.24) is 0 Å². The van der Waals surface area contributed by atoms with Crippen LogP contribution >= 0.6 is 0 Å². The van der Waals surface area contributed by atoms with Crippen LogP contribution in [0.25, 0.3) is 0 Å². The second-order valence-electron chi connectivity index (χ2n) is 2.89. The Kier molecular flexibility index (Phi) is 1.94. The summed E-state index contributed by atoms with van der Waals surface area (Å²) >= 11 is 0. The smallest absolute Gasteiger partial charge is 0.288 e. The van der Waals surface area contributed by atoms with E-state index in [0.29, 0.717) is 12.8 Å². The summed E-state index contributed by atoms with van der Waals surface area (Å²) in [4.78, 5) is 10.0. The molecule has 0 saturated heterocycles. The van der Waals surface area contributed by atoms with E-state index in [1.54, 1.807) is 0 Å². The van der Waals surface area contributed by atoms with Gasteiger partial charge in [0.1, 0.15) is 0 Å². The van der Waals surface area contributed by atoms with Crippen LogP contribution in [0.3, 0.4) is 0 Å². The normalized spacial score (nSPS) is 36.6. The Balaban J connectivity index is 2.82. The van der Waals surface area contributed by atoms with E-state index < -0.39 is 18.0 Å². The van der Waals surface area contributed by atoms with E-state index in [9.17, 15) is 18.0 Å². The Bertz CT molecular complexity index is 169. The van der Waals surface area contributed by atoms with E-state index in [4.69, 9.17) is 0 Å². The Labute approximate surface area is 62.6 Å². The van der Waals surface area contributed by atoms with Gasteiger partial charge in [-0.3, -0.25) is 4.79 Å². The molecule has 0 spiro atoms. The molecule has 0 aromatic rings. The van der Waals surface area contributed by atoms with Crippen LogP contribution in [0.5, 0.6) is 0 Å². The van der Waals surface area contributed by atoms with E-state index in [2.05, 4.69) is 0 Å². The third-order valence-corrected chi connectivity index (χ3v) is 2.08. The molecule has 1 saturated carbocycles. The van der Waals surface area contributed by atoms with Crippen LogP contribution < -0.4 is 0 Å². The topological polar surface area (TPSA) is 17.1 Å². The predicted molar refractivity (Wildman–Crippen MR) is 33.3 cm³/mol. The first-order valence-corrected chi connectivity index (χ1v) is 3.55. The molecule has 0 radical (unpaired) electrons. The van der Waals surface area contributed by atoms with E-state index in [-0.39, 0.29) is 12.7 Å². The van der Waals surface area contributed by atoms with Crippen molar-refractivity contribution in [2.24, 2.45) is 0 Å². The number of halogens is 3. The SMILES string of the molecule is O=CC1(F)CCCCC1(F)F. The quantitative estimate of drug-likeness (QED) is 0.545. The van der Waals surface area contributed by atoms with Crippen LogP contribution in [0, 0.1) is 0 Å². The molecule has 0 N–H and O–H groups in total. The zero-order chi connectivity index (χ0) is 8.54. The van der Waals surface area contributed by atoms with Gasteiger partial charge in [-0.25, -0.2) is 13.2 Å². The monoisotopic (exact) mass is 166 g/mol. The van der Waals surface area contributed by atoms with E-state index in [1.165, 1.54) is 0 Å². The van der Waals surface area contributed by atoms with Gasteiger partial charge < -0.3 is 0 Å². The van der Waals surface area contributed by atoms with E-state index in [0.717, 1.165) is 0 Å². The lowest BCUT2D eigenvalue weighted by Gasteiger charge is -2.32. The second-order valence-corrected chi connectivity index (χ2v) is 2.89. The Morgan fingerprint density at radius 2 is 1.64 bits per heavy atom. The fraction of sp³-hybridized carbons (Fsp3) is 0.857. The third kappa shape index (κ3) is 1.26. The summed E-state index contributed by atoms with van der Waals surface area (Å²) in [7, 11) is 0. The van der Waals surface area contributed by atoms with Crippen molar-refractivity contribution < 1.29 is 18.0 Å². The van der Waals surface area contributed by atoms with Crippen molar-refractivity contribution in [1.29, 1.82) is 0 Å². The average Bonchev–Trinajstić information content (AvgIpc) is 1.95. The molecule has 1 unspecified atom stereocenters. The highest BCUT2D eigenvalue weighted by Gasteiger charge is 2.55. The lowest BCUT2D eigenvalue weighted by molar-refractivity contribution is -0.167. The fourth-order valence-corrected chi connectivity index (χ4v) is 1.27. The number of hydrogen-bond acceptors (Lipinski definition) is 1. The summed E-state index contributed by atoms with van der Waals surface area (Å²) < 4.78 is 38.3. The molecule has 4 heteroatoms. The minimum atomic E-state index is -3.45. The third-order valence-electron chi connectivity index (χ3n) is 2.08. The molecule has 1 aliphatic rings. The number of carbonyl (C=O) groups excluding carboxylic acids is 1. The predicted octanol–water partition coefficient (Wildman–Crippen LogP) is 2.10. The summed E-state index contributed by atoms with van der Waals surface area (Å²) in [6, 6.07) is 0. The number of alkyl halides is 3. The van der Waals surface area contributed by atoms with Crippen LogP contribution in [-0.4, -0.2) is 17.9 Å². The number of aldehydes is 1. The van der Waals surface area contributed by atoms with Crippen molar-refractivity contribution in [2.45, 2.75) is 37.3 Å². The van der Waals surface area contributed by atoms with Crippen molar-refractivity contribution in [3.05, 3.63) is 0 Å². The molecule has 0 bridgehead atoms. The van der Waals surface area contributed by atoms with Gasteiger partial charge in [0.05, 0.1) is 0 Å². The zero-order valence-electron chi connectivity index (χ0n) is 5.95. The minimum Gasteiger partial charge on any atom is -0.300 e. The molecule has 1 rings (SSSR count). The van der Waals surface area contributed by atoms with Gasteiger partial charge in [-0.05, 0) is 19.3 Å². The molecule has 0 aromatic carbocycles. The van der Waals surface area contributed by atoms with Gasteiger partial charge >= 0.3 is 0 Å². The first-order chi connectivity index (χ1) is 5.02. The van der Waals surface area contributed by atoms with Gasteiger partial charge in [0.15, 0.2) is 6.29 Å². The van der Waals surface area contributed by atoms with Gasteiger partial charge in [-0.1, -0.05) is 0 Å². The molecule has 0 amide bonds. The van der Waals surface area contributed by atoms with E-state index in [1.807, 2.05) is 0 Å². The maximum Gasteiger partial charge on any atom is 0.288 e. The molecule has 1 atom stereocenters. The number of hydrogen-bond donors (Lipinski definition) is 0. The first-order valence-electron chi connectivity index (χ1n) is 3.55. The maximum atomic E-state index is 13.0. The summed E-state index contributed by atoms with van der Waals surface area (Å²) in [5.41, 5.74) is -2.90. The first kappa shape index (κ1) is 8.56. The van der Waals surface area contributed by atoms with Crippen molar-refractivity contribution in [3.8, 4) is 0 Å². The lowest BCUT2D eigenvalue weighted by Crippen LogP contribution is -2.48. The Morgan fingerprint density at radius 1 is 1.09 bits per heavy atom. The standard InChI is InChI=1S/C7H9F3O/c8-6(5-11)3-1-2-4-7(6,9)10/h5H,1-4H2. The second kappa shape index (κ2) is 2.50. The Morgan fingerprint density at radius 3 is 2.00 bits per heavy atom. The van der Waals surface area contributed by atoms with Gasteiger partial charge in [0.2, 0.25) is 5.67 Å². The largest absolute Gasteiger partial charge is 0.300 e. The number of carbonyl (C=O) groups is 1. The molecule has 1 aliphatic carbocycles. The molecular weight excluding hydrogens is 157 g/mol. The minimum absolute atomic E-state index is 0.258. The molecule has 11 heavy (non-hydrogen) atoms. The summed E-state index contributed by atoms with van der Waals surface area (Å²) in [5.74, 6) is -3.45. The molecule has 0 aromatic heterocycles. The van der Waals surface area contributed by atoms with Crippen LogP contribution in [-0.2, 0) is 4.79 Å². The van der Waals surface area contributed by atoms with Crippen LogP contribution in [0.15, 0.2) is 0 Å². The van der Waals surface area contributed by atoms with Crippen molar-refractivity contribution in [3.63, 3.8) is 0 Å². The van der Waals surface area contributed by atoms with Gasteiger partial charge in [-0.15, -0.1) is 0 Å². The summed E-state index contributed by atoms with van der Waals surface area (Å²) in [5, 5.41) is 0. The van der Waals surface area contributed by atoms with Crippen LogP contribution in [0.1, 0.15) is 25.7 Å². The molecule has 1 fully saturated rings. The van der Waals surface area contributed by atoms with E-state index >= 15 is 0 Å². The number of rotatable bonds is 1. The fourth-order valence-electron chi connectivity index (χ4n) is 1.27. The van der Waals surface area contributed by atoms with Gasteiger partial charge in [-0.2, -0.15) is 0 Å². The zero-order valence-corrected chi connectivity index (χ0v) is 5.95.